The molecule has 0 aromatic carbocycles. The van der Waals surface area contributed by atoms with Crippen LogP contribution in [-0.4, -0.2) is 65.7 Å². The first-order chi connectivity index (χ1) is 12.8. The van der Waals surface area contributed by atoms with E-state index in [2.05, 4.69) is 26.6 Å². The lowest BCUT2D eigenvalue weighted by Crippen LogP contribution is -2.43. The number of halogens is 3. The zero-order chi connectivity index (χ0) is 19.9. The molecule has 0 radical (unpaired) electrons. The number of carboxylic acid groups (broad SMARTS) is 1. The summed E-state index contributed by atoms with van der Waals surface area (Å²) in [5, 5.41) is 11.3. The second kappa shape index (κ2) is 10.1. The molecule has 9 heteroatoms. The van der Waals surface area contributed by atoms with Crippen LogP contribution in [0.15, 0.2) is 16.8 Å². The first-order valence-electron chi connectivity index (χ1n) is 9.07. The highest BCUT2D eigenvalue weighted by molar-refractivity contribution is 7.08. The number of piperidine rings is 1. The van der Waals surface area contributed by atoms with E-state index in [9.17, 15) is 18.0 Å². The first-order valence-corrected chi connectivity index (χ1v) is 10.0. The molecule has 5 nitrogen and oxygen atoms in total. The molecule has 2 saturated heterocycles. The van der Waals surface area contributed by atoms with E-state index in [1.807, 2.05) is 0 Å². The second-order valence-electron chi connectivity index (χ2n) is 6.97. The average Bonchev–Trinajstić information content (AvgIpc) is 3.29. The number of carboxylic acids is 1. The lowest BCUT2D eigenvalue weighted by Gasteiger charge is -2.34. The molecule has 1 aromatic heterocycles. The fourth-order valence-electron chi connectivity index (χ4n) is 3.45. The van der Waals surface area contributed by atoms with E-state index in [-0.39, 0.29) is 0 Å². The summed E-state index contributed by atoms with van der Waals surface area (Å²) < 4.78 is 31.7. The van der Waals surface area contributed by atoms with Gasteiger partial charge in [0.2, 0.25) is 5.91 Å². The van der Waals surface area contributed by atoms with Crippen molar-refractivity contribution >= 4 is 23.2 Å². The van der Waals surface area contributed by atoms with Gasteiger partial charge in [-0.05, 0) is 67.1 Å². The summed E-state index contributed by atoms with van der Waals surface area (Å²) in [7, 11) is 0. The van der Waals surface area contributed by atoms with E-state index in [4.69, 9.17) is 9.90 Å². The van der Waals surface area contributed by atoms with Crippen LogP contribution in [0, 0.1) is 5.92 Å². The van der Waals surface area contributed by atoms with Crippen molar-refractivity contribution in [2.45, 2.75) is 38.3 Å². The third-order valence-electron chi connectivity index (χ3n) is 4.76. The second-order valence-corrected chi connectivity index (χ2v) is 7.75. The predicted octanol–water partition coefficient (Wildman–Crippen LogP) is 3.26. The Bertz CT molecular complexity index is 601. The maximum absolute atomic E-state index is 12.4. The number of alkyl halides is 3. The van der Waals surface area contributed by atoms with Crippen LogP contribution in [0.1, 0.15) is 31.2 Å². The normalized spacial score (nSPS) is 20.9. The minimum atomic E-state index is -5.08. The standard InChI is InChI=1S/C16H24N2OS.C2HF3O2/c19-16(10-14-5-9-20-13-14)18-8-3-4-15(12-18)11-17-6-1-2-7-17;3-2(4,5)1(6)7/h5,9,13,15H,1-4,6-8,10-12H2;(H,6,7). The van der Waals surface area contributed by atoms with E-state index in [0.29, 0.717) is 18.2 Å². The Morgan fingerprint density at radius 1 is 1.19 bits per heavy atom. The van der Waals surface area contributed by atoms with Gasteiger partial charge in [0.1, 0.15) is 0 Å². The number of aliphatic carboxylic acids is 1. The van der Waals surface area contributed by atoms with Gasteiger partial charge in [-0.25, -0.2) is 4.79 Å². The molecule has 3 heterocycles. The number of rotatable bonds is 4. The number of thiophene rings is 1. The highest BCUT2D eigenvalue weighted by atomic mass is 32.1. The molecule has 3 rings (SSSR count). The lowest BCUT2D eigenvalue weighted by atomic mass is 9.97. The zero-order valence-corrected chi connectivity index (χ0v) is 15.9. The van der Waals surface area contributed by atoms with Crippen LogP contribution >= 0.6 is 11.3 Å². The maximum Gasteiger partial charge on any atom is 0.490 e. The molecule has 2 aliphatic heterocycles. The molecule has 0 saturated carbocycles. The average molecular weight is 406 g/mol. The fraction of sp³-hybridized carbons (Fsp3) is 0.667. The molecule has 1 unspecified atom stereocenters. The number of likely N-dealkylation sites (tertiary alicyclic amines) is 2. The van der Waals surface area contributed by atoms with Crippen molar-refractivity contribution < 1.29 is 27.9 Å². The molecule has 2 fully saturated rings. The fourth-order valence-corrected chi connectivity index (χ4v) is 4.12. The summed E-state index contributed by atoms with van der Waals surface area (Å²) >= 11 is 1.67. The van der Waals surface area contributed by atoms with Crippen molar-refractivity contribution in [2.24, 2.45) is 5.92 Å². The Hall–Kier alpha value is -1.61. The van der Waals surface area contributed by atoms with Crippen molar-refractivity contribution in [2.75, 3.05) is 32.7 Å². The van der Waals surface area contributed by atoms with Gasteiger partial charge in [-0.1, -0.05) is 0 Å². The van der Waals surface area contributed by atoms with Crippen LogP contribution in [0.25, 0.3) is 0 Å². The van der Waals surface area contributed by atoms with Gasteiger partial charge in [0, 0.05) is 19.6 Å². The first kappa shape index (κ1) is 21.7. The summed E-state index contributed by atoms with van der Waals surface area (Å²) in [5.41, 5.74) is 1.17. The Morgan fingerprint density at radius 3 is 2.41 bits per heavy atom. The number of amides is 1. The Kier molecular flexibility index (Phi) is 8.09. The van der Waals surface area contributed by atoms with Crippen LogP contribution in [0.4, 0.5) is 13.2 Å². The summed E-state index contributed by atoms with van der Waals surface area (Å²) in [6, 6.07) is 2.06. The van der Waals surface area contributed by atoms with Gasteiger partial charge in [-0.3, -0.25) is 4.79 Å². The smallest absolute Gasteiger partial charge is 0.475 e. The van der Waals surface area contributed by atoms with Crippen molar-refractivity contribution in [1.82, 2.24) is 9.80 Å². The number of carbonyl (C=O) groups is 2. The highest BCUT2D eigenvalue weighted by Crippen LogP contribution is 2.21. The van der Waals surface area contributed by atoms with Crippen LogP contribution < -0.4 is 0 Å². The van der Waals surface area contributed by atoms with Gasteiger partial charge in [0.25, 0.3) is 0 Å². The Balaban J connectivity index is 0.000000321. The van der Waals surface area contributed by atoms with Gasteiger partial charge in [0.05, 0.1) is 6.42 Å². The molecule has 27 heavy (non-hydrogen) atoms. The van der Waals surface area contributed by atoms with Crippen LogP contribution in [0.2, 0.25) is 0 Å². The molecule has 1 N–H and O–H groups in total. The van der Waals surface area contributed by atoms with Gasteiger partial charge in [-0.15, -0.1) is 0 Å². The van der Waals surface area contributed by atoms with Gasteiger partial charge in [-0.2, -0.15) is 24.5 Å². The number of hydrogen-bond acceptors (Lipinski definition) is 4. The van der Waals surface area contributed by atoms with E-state index in [1.165, 1.54) is 50.9 Å². The summed E-state index contributed by atoms with van der Waals surface area (Å²) in [6.45, 7) is 5.65. The Morgan fingerprint density at radius 2 is 1.85 bits per heavy atom. The minimum absolute atomic E-state index is 0.314. The van der Waals surface area contributed by atoms with E-state index in [1.54, 1.807) is 11.3 Å². The van der Waals surface area contributed by atoms with Crippen LogP contribution in [0.5, 0.6) is 0 Å². The van der Waals surface area contributed by atoms with Gasteiger partial charge >= 0.3 is 12.1 Å². The summed E-state index contributed by atoms with van der Waals surface area (Å²) in [4.78, 5) is 25.9. The van der Waals surface area contributed by atoms with Crippen molar-refractivity contribution in [1.29, 1.82) is 0 Å². The van der Waals surface area contributed by atoms with Gasteiger partial charge < -0.3 is 14.9 Å². The third-order valence-corrected chi connectivity index (χ3v) is 5.50. The molecule has 0 bridgehead atoms. The van der Waals surface area contributed by atoms with E-state index < -0.39 is 12.1 Å². The van der Waals surface area contributed by atoms with E-state index in [0.717, 1.165) is 13.1 Å². The molecule has 0 spiro atoms. The molecule has 1 aromatic rings. The molecular weight excluding hydrogens is 381 g/mol. The number of nitrogens with zero attached hydrogens (tertiary/aromatic N) is 2. The van der Waals surface area contributed by atoms with Crippen LogP contribution in [0.3, 0.4) is 0 Å². The lowest BCUT2D eigenvalue weighted by molar-refractivity contribution is -0.192. The molecule has 1 amide bonds. The molecule has 2 aliphatic rings. The molecule has 1 atom stereocenters. The molecule has 152 valence electrons. The SMILES string of the molecule is O=C(Cc1ccsc1)N1CCCC(CN2CCCC2)C1.O=C(O)C(F)(F)F. The van der Waals surface area contributed by atoms with Crippen molar-refractivity contribution in [3.63, 3.8) is 0 Å². The summed E-state index contributed by atoms with van der Waals surface area (Å²) in [5.74, 6) is -1.75. The number of carbonyl (C=O) groups excluding carboxylic acids is 1. The van der Waals surface area contributed by atoms with Crippen LogP contribution in [-0.2, 0) is 16.0 Å². The maximum atomic E-state index is 12.4. The van der Waals surface area contributed by atoms with Crippen molar-refractivity contribution in [3.8, 4) is 0 Å². The highest BCUT2D eigenvalue weighted by Gasteiger charge is 2.38. The number of hydrogen-bond donors (Lipinski definition) is 1. The zero-order valence-electron chi connectivity index (χ0n) is 15.1. The Labute approximate surface area is 160 Å². The molecule has 0 aliphatic carbocycles. The van der Waals surface area contributed by atoms with Gasteiger partial charge in [0.15, 0.2) is 0 Å². The van der Waals surface area contributed by atoms with Crippen molar-refractivity contribution in [3.05, 3.63) is 22.4 Å². The monoisotopic (exact) mass is 406 g/mol. The molecular formula is C18H25F3N2O3S. The van der Waals surface area contributed by atoms with E-state index >= 15 is 0 Å². The summed E-state index contributed by atoms with van der Waals surface area (Å²) in [6.07, 6.45) is 0.674. The topological polar surface area (TPSA) is 60.9 Å². The quantitative estimate of drug-likeness (QED) is 0.834. The third kappa shape index (κ3) is 7.50. The predicted molar refractivity (Wildman–Crippen MR) is 96.7 cm³/mol. The minimum Gasteiger partial charge on any atom is -0.475 e. The largest absolute Gasteiger partial charge is 0.490 e.